The second-order valence-corrected chi connectivity index (χ2v) is 7.92. The van der Waals surface area contributed by atoms with Crippen LogP contribution in [-0.2, 0) is 0 Å². The number of carboxylic acid groups (broad SMARTS) is 1. The molecular weight excluding hydrogens is 384 g/mol. The van der Waals surface area contributed by atoms with E-state index in [1.807, 2.05) is 0 Å². The van der Waals surface area contributed by atoms with Gasteiger partial charge in [0.1, 0.15) is 17.4 Å². The minimum Gasteiger partial charge on any atom is -0.492 e. The summed E-state index contributed by atoms with van der Waals surface area (Å²) in [5, 5.41) is 9.19. The van der Waals surface area contributed by atoms with Crippen LogP contribution in [-0.4, -0.2) is 47.6 Å². The summed E-state index contributed by atoms with van der Waals surface area (Å²) in [5.74, 6) is -2.17. The Labute approximate surface area is 165 Å². The van der Waals surface area contributed by atoms with E-state index < -0.39 is 40.5 Å². The summed E-state index contributed by atoms with van der Waals surface area (Å²) in [6.07, 6.45) is 0.102. The first kappa shape index (κ1) is 19.4. The molecule has 9 heteroatoms. The van der Waals surface area contributed by atoms with Crippen molar-refractivity contribution in [2.75, 3.05) is 25.1 Å². The third-order valence-corrected chi connectivity index (χ3v) is 5.70. The fraction of sp³-hybridized carbons (Fsp3) is 0.400. The van der Waals surface area contributed by atoms with Crippen molar-refractivity contribution >= 4 is 22.6 Å². The number of pyridine rings is 1. The Bertz CT molecular complexity index is 1130. The summed E-state index contributed by atoms with van der Waals surface area (Å²) in [7, 11) is 1.32. The molecule has 1 saturated heterocycles. The smallest absolute Gasteiger partial charge is 0.341 e. The van der Waals surface area contributed by atoms with E-state index in [1.54, 1.807) is 11.8 Å². The van der Waals surface area contributed by atoms with Crippen LogP contribution in [0.2, 0.25) is 0 Å². The number of anilines is 1. The molecule has 1 aliphatic heterocycles. The average Bonchev–Trinajstić information content (AvgIpc) is 3.29. The quantitative estimate of drug-likeness (QED) is 0.757. The van der Waals surface area contributed by atoms with Crippen molar-refractivity contribution in [2.24, 2.45) is 5.73 Å². The first-order chi connectivity index (χ1) is 13.6. The number of aromatic carboxylic acids is 1. The second kappa shape index (κ2) is 6.28. The maximum atomic E-state index is 15.2. The first-order valence-electron chi connectivity index (χ1n) is 9.11. The lowest BCUT2D eigenvalue weighted by Gasteiger charge is -2.25. The molecule has 0 spiro atoms. The van der Waals surface area contributed by atoms with Gasteiger partial charge in [0, 0.05) is 25.7 Å². The van der Waals surface area contributed by atoms with Gasteiger partial charge in [-0.15, -0.1) is 0 Å². The van der Waals surface area contributed by atoms with E-state index in [-0.39, 0.29) is 35.3 Å². The predicted molar refractivity (Wildman–Crippen MR) is 104 cm³/mol. The molecule has 2 fully saturated rings. The lowest BCUT2D eigenvalue weighted by Crippen LogP contribution is -2.40. The molecule has 2 heterocycles. The van der Waals surface area contributed by atoms with Gasteiger partial charge in [0.25, 0.3) is 0 Å². The molecule has 0 bridgehead atoms. The zero-order valence-corrected chi connectivity index (χ0v) is 16.0. The molecule has 2 aliphatic rings. The number of halogens is 2. The van der Waals surface area contributed by atoms with Crippen LogP contribution in [0.15, 0.2) is 29.2 Å². The molecule has 1 aromatic heterocycles. The molecule has 0 amide bonds. The summed E-state index contributed by atoms with van der Waals surface area (Å²) in [6.45, 7) is 6.29. The Morgan fingerprint density at radius 3 is 2.62 bits per heavy atom. The zero-order chi connectivity index (χ0) is 21.2. The minimum atomic E-state index is -1.46. The molecule has 4 rings (SSSR count). The molecule has 1 saturated carbocycles. The highest BCUT2D eigenvalue weighted by molar-refractivity contribution is 5.97. The van der Waals surface area contributed by atoms with Gasteiger partial charge in [-0.05, 0) is 18.6 Å². The van der Waals surface area contributed by atoms with E-state index in [4.69, 9.17) is 10.5 Å². The number of ether oxygens (including phenoxy) is 1. The van der Waals surface area contributed by atoms with Crippen LogP contribution in [0.4, 0.5) is 14.5 Å². The van der Waals surface area contributed by atoms with Crippen LogP contribution in [0, 0.1) is 5.82 Å². The van der Waals surface area contributed by atoms with Gasteiger partial charge in [0.05, 0.1) is 29.6 Å². The fourth-order valence-electron chi connectivity index (χ4n) is 3.92. The predicted octanol–water partition coefficient (Wildman–Crippen LogP) is 2.22. The number of nitrogens with two attached hydrogens (primary N) is 1. The number of alkyl halides is 1. The fourth-order valence-corrected chi connectivity index (χ4v) is 3.92. The number of fused-ring (bicyclic) bond motifs is 1. The SMILES string of the molecule is C=C1CN(c2c(F)cc3c(=O)c(C(=O)O)cn(C4CC4F)c3c2OC)CC1(C)N. The monoisotopic (exact) mass is 405 g/mol. The third-order valence-electron chi connectivity index (χ3n) is 5.70. The van der Waals surface area contributed by atoms with Crippen LogP contribution in [0.25, 0.3) is 10.9 Å². The summed E-state index contributed by atoms with van der Waals surface area (Å²) < 4.78 is 35.9. The van der Waals surface area contributed by atoms with Crippen LogP contribution in [0.1, 0.15) is 29.7 Å². The highest BCUT2D eigenvalue weighted by atomic mass is 19.1. The van der Waals surface area contributed by atoms with E-state index in [0.717, 1.165) is 12.3 Å². The lowest BCUT2D eigenvalue weighted by atomic mass is 9.99. The molecule has 154 valence electrons. The maximum Gasteiger partial charge on any atom is 0.341 e. The number of carbonyl (C=O) groups is 1. The second-order valence-electron chi connectivity index (χ2n) is 7.92. The lowest BCUT2D eigenvalue weighted by molar-refractivity contribution is 0.0694. The Hall–Kier alpha value is -2.94. The Morgan fingerprint density at radius 2 is 2.14 bits per heavy atom. The zero-order valence-electron chi connectivity index (χ0n) is 16.0. The van der Waals surface area contributed by atoms with Crippen LogP contribution in [0.3, 0.4) is 0 Å². The number of benzene rings is 1. The normalized spacial score (nSPS) is 26.2. The van der Waals surface area contributed by atoms with Gasteiger partial charge in [-0.3, -0.25) is 4.79 Å². The Morgan fingerprint density at radius 1 is 1.48 bits per heavy atom. The number of methoxy groups -OCH3 is 1. The molecule has 1 aliphatic carbocycles. The molecule has 3 N–H and O–H groups in total. The average molecular weight is 405 g/mol. The van der Waals surface area contributed by atoms with Gasteiger partial charge >= 0.3 is 5.97 Å². The van der Waals surface area contributed by atoms with Gasteiger partial charge in [-0.25, -0.2) is 13.6 Å². The van der Waals surface area contributed by atoms with Gasteiger partial charge in [0.15, 0.2) is 11.6 Å². The van der Waals surface area contributed by atoms with Crippen molar-refractivity contribution in [1.82, 2.24) is 4.57 Å². The molecule has 7 nitrogen and oxygen atoms in total. The van der Waals surface area contributed by atoms with Crippen molar-refractivity contribution in [1.29, 1.82) is 0 Å². The van der Waals surface area contributed by atoms with E-state index in [0.29, 0.717) is 12.1 Å². The van der Waals surface area contributed by atoms with E-state index in [9.17, 15) is 19.1 Å². The molecule has 29 heavy (non-hydrogen) atoms. The number of hydrogen-bond donors (Lipinski definition) is 2. The van der Waals surface area contributed by atoms with Gasteiger partial charge in [-0.2, -0.15) is 0 Å². The van der Waals surface area contributed by atoms with E-state index in [1.165, 1.54) is 11.7 Å². The molecule has 3 unspecified atom stereocenters. The standard InChI is InChI=1S/C20H21F2N3O4/c1-9-6-24(8-20(9,2)23)16-13(22)4-10-15(18(16)29-3)25(14-5-12(14)21)7-11(17(10)26)19(27)28/h4,7,12,14H,1,5-6,8,23H2,2-3H3,(H,27,28). The summed E-state index contributed by atoms with van der Waals surface area (Å²) in [4.78, 5) is 25.9. The minimum absolute atomic E-state index is 0.0404. The Balaban J connectivity index is 2.05. The number of rotatable bonds is 4. The van der Waals surface area contributed by atoms with Crippen molar-refractivity contribution in [3.05, 3.63) is 46.0 Å². The summed E-state index contributed by atoms with van der Waals surface area (Å²) in [6, 6.07) is 0.347. The Kier molecular flexibility index (Phi) is 4.20. The van der Waals surface area contributed by atoms with Crippen molar-refractivity contribution in [3.63, 3.8) is 0 Å². The highest BCUT2D eigenvalue weighted by Crippen LogP contribution is 2.46. The van der Waals surface area contributed by atoms with Crippen molar-refractivity contribution in [2.45, 2.75) is 31.1 Å². The molecule has 0 radical (unpaired) electrons. The third kappa shape index (κ3) is 2.88. The van der Waals surface area contributed by atoms with Crippen LogP contribution in [0.5, 0.6) is 5.75 Å². The first-order valence-corrected chi connectivity index (χ1v) is 9.11. The number of nitrogens with zero attached hydrogens (tertiary/aromatic N) is 2. The maximum absolute atomic E-state index is 15.2. The molecule has 1 aromatic carbocycles. The van der Waals surface area contributed by atoms with Crippen molar-refractivity contribution < 1.29 is 23.4 Å². The highest BCUT2D eigenvalue weighted by Gasteiger charge is 2.42. The van der Waals surface area contributed by atoms with E-state index in [2.05, 4.69) is 6.58 Å². The van der Waals surface area contributed by atoms with Gasteiger partial charge in [0.2, 0.25) is 5.43 Å². The topological polar surface area (TPSA) is 97.8 Å². The van der Waals surface area contributed by atoms with Crippen molar-refractivity contribution in [3.8, 4) is 5.75 Å². The van der Waals surface area contributed by atoms with Gasteiger partial charge in [-0.1, -0.05) is 6.58 Å². The molecule has 2 aromatic rings. The molecule has 3 atom stereocenters. The summed E-state index contributed by atoms with van der Waals surface area (Å²) in [5.41, 5.74) is 5.05. The van der Waals surface area contributed by atoms with Crippen LogP contribution >= 0.6 is 0 Å². The summed E-state index contributed by atoms with van der Waals surface area (Å²) >= 11 is 0. The van der Waals surface area contributed by atoms with Crippen LogP contribution < -0.4 is 20.8 Å². The number of carboxylic acids is 1. The van der Waals surface area contributed by atoms with E-state index >= 15 is 4.39 Å². The number of hydrogen-bond acceptors (Lipinski definition) is 5. The number of aromatic nitrogens is 1. The van der Waals surface area contributed by atoms with Gasteiger partial charge < -0.3 is 25.0 Å². The molecular formula is C20H21F2N3O4. The largest absolute Gasteiger partial charge is 0.492 e.